The summed E-state index contributed by atoms with van der Waals surface area (Å²) in [7, 11) is 0. The first-order chi connectivity index (χ1) is 13.2. The zero-order valence-corrected chi connectivity index (χ0v) is 13.8. The Hall–Kier alpha value is -3.64. The van der Waals surface area contributed by atoms with E-state index >= 15 is 0 Å². The average Bonchev–Trinajstić information content (AvgIpc) is 2.59. The third-order valence-corrected chi connectivity index (χ3v) is 3.53. The number of nitro benzene ring substituents is 1. The quantitative estimate of drug-likeness (QED) is 0.198. The highest BCUT2D eigenvalue weighted by Crippen LogP contribution is 2.34. The van der Waals surface area contributed by atoms with Crippen LogP contribution in [0.5, 0.6) is 0 Å². The van der Waals surface area contributed by atoms with Gasteiger partial charge in [-0.1, -0.05) is 0 Å². The Balaban J connectivity index is 2.33. The Kier molecular flexibility index (Phi) is 5.53. The first-order valence-corrected chi connectivity index (χ1v) is 7.30. The first-order valence-electron chi connectivity index (χ1n) is 7.30. The van der Waals surface area contributed by atoms with Crippen LogP contribution in [-0.4, -0.2) is 16.9 Å². The van der Waals surface area contributed by atoms with Crippen molar-refractivity contribution in [3.05, 3.63) is 68.8 Å². The lowest BCUT2D eigenvalue weighted by molar-refractivity contribution is -0.385. The van der Waals surface area contributed by atoms with E-state index in [0.29, 0.717) is 30.3 Å². The first kappa shape index (κ1) is 21.7. The molecule has 2 N–H and O–H groups in total. The van der Waals surface area contributed by atoms with Gasteiger partial charge in [0.05, 0.1) is 21.6 Å². The van der Waals surface area contributed by atoms with E-state index in [2.05, 4.69) is 4.74 Å². The fraction of sp³-hybridized carbons (Fsp3) is 0.125. The number of nitrogen functional groups attached to an aromatic ring is 1. The summed E-state index contributed by atoms with van der Waals surface area (Å²) in [5.41, 5.74) is -0.865. The zero-order valence-electron chi connectivity index (χ0n) is 13.8. The molecule has 0 heterocycles. The van der Waals surface area contributed by atoms with Gasteiger partial charge in [-0.2, -0.15) is 26.3 Å². The second kappa shape index (κ2) is 7.41. The van der Waals surface area contributed by atoms with E-state index in [1.807, 2.05) is 0 Å². The molecule has 13 heteroatoms. The fourth-order valence-electron chi connectivity index (χ4n) is 2.15. The van der Waals surface area contributed by atoms with Crippen molar-refractivity contribution in [1.29, 1.82) is 0 Å². The van der Waals surface area contributed by atoms with Crippen LogP contribution in [-0.2, 0) is 17.1 Å². The molecule has 154 valence electrons. The maximum absolute atomic E-state index is 12.7. The molecular weight excluding hydrogens is 414 g/mol. The number of ether oxygens (including phenoxy) is 1. The number of nitrogens with zero attached hydrogens (tertiary/aromatic N) is 1. The number of carbonyl (C=O) groups is 2. The maximum Gasteiger partial charge on any atom is 0.416 e. The number of carbonyl (C=O) groups excluding carboxylic acids is 2. The lowest BCUT2D eigenvalue weighted by atomic mass is 10.1. The maximum atomic E-state index is 12.7. The number of nitrogens with two attached hydrogens (primary N) is 1. The number of benzene rings is 2. The van der Waals surface area contributed by atoms with Crippen LogP contribution in [0.3, 0.4) is 0 Å². The molecule has 0 bridgehead atoms. The number of esters is 2. The molecule has 2 aromatic carbocycles. The smallest absolute Gasteiger partial charge is 0.398 e. The van der Waals surface area contributed by atoms with Gasteiger partial charge in [0.2, 0.25) is 0 Å². The molecule has 0 unspecified atom stereocenters. The van der Waals surface area contributed by atoms with Crippen molar-refractivity contribution in [1.82, 2.24) is 0 Å². The summed E-state index contributed by atoms with van der Waals surface area (Å²) in [4.78, 5) is 33.6. The summed E-state index contributed by atoms with van der Waals surface area (Å²) in [6, 6.07) is 2.38. The van der Waals surface area contributed by atoms with E-state index in [-0.39, 0.29) is 6.07 Å². The van der Waals surface area contributed by atoms with Crippen LogP contribution < -0.4 is 5.73 Å². The van der Waals surface area contributed by atoms with E-state index in [9.17, 15) is 46.0 Å². The van der Waals surface area contributed by atoms with E-state index < -0.39 is 62.8 Å². The van der Waals surface area contributed by atoms with Crippen LogP contribution in [0.25, 0.3) is 0 Å². The van der Waals surface area contributed by atoms with E-state index in [1.54, 1.807) is 0 Å². The molecule has 2 aromatic rings. The van der Waals surface area contributed by atoms with Crippen LogP contribution in [0, 0.1) is 10.1 Å². The van der Waals surface area contributed by atoms with E-state index in [4.69, 9.17) is 5.73 Å². The Bertz CT molecular complexity index is 1000. The highest BCUT2D eigenvalue weighted by Gasteiger charge is 2.35. The van der Waals surface area contributed by atoms with Crippen molar-refractivity contribution in [3.8, 4) is 0 Å². The summed E-state index contributed by atoms with van der Waals surface area (Å²) in [6.45, 7) is 0. The van der Waals surface area contributed by atoms with Gasteiger partial charge in [-0.05, 0) is 30.3 Å². The Morgan fingerprint density at radius 2 is 1.31 bits per heavy atom. The molecule has 7 nitrogen and oxygen atoms in total. The fourth-order valence-corrected chi connectivity index (χ4v) is 2.15. The van der Waals surface area contributed by atoms with E-state index in [1.165, 1.54) is 0 Å². The molecule has 0 spiro atoms. The van der Waals surface area contributed by atoms with Crippen molar-refractivity contribution in [2.45, 2.75) is 12.4 Å². The van der Waals surface area contributed by atoms with Crippen molar-refractivity contribution >= 4 is 23.3 Å². The van der Waals surface area contributed by atoms with Gasteiger partial charge < -0.3 is 10.5 Å². The number of hydrogen-bond donors (Lipinski definition) is 1. The Morgan fingerprint density at radius 3 is 1.76 bits per heavy atom. The van der Waals surface area contributed by atoms with Gasteiger partial charge in [0.25, 0.3) is 5.69 Å². The molecule has 0 atom stereocenters. The third kappa shape index (κ3) is 4.80. The Morgan fingerprint density at radius 1 is 0.862 bits per heavy atom. The van der Waals surface area contributed by atoms with Gasteiger partial charge in [0.15, 0.2) is 0 Å². The molecule has 0 saturated heterocycles. The monoisotopic (exact) mass is 422 g/mol. The number of halogens is 6. The largest absolute Gasteiger partial charge is 0.416 e. The molecule has 0 amide bonds. The number of nitro groups is 1. The normalized spacial score (nSPS) is 11.8. The van der Waals surface area contributed by atoms with Gasteiger partial charge in [-0.3, -0.25) is 10.1 Å². The number of alkyl halides is 6. The summed E-state index contributed by atoms with van der Waals surface area (Å²) in [6.07, 6.45) is -9.69. The van der Waals surface area contributed by atoms with Crippen LogP contribution in [0.2, 0.25) is 0 Å². The minimum atomic E-state index is -4.93. The molecule has 0 aliphatic heterocycles. The standard InChI is InChI=1S/C16H8F6N2O5/c17-15(18,19)7-1-3-9(11(23)5-7)13(25)29-14(26)10-4-2-8(16(20,21)22)6-12(10)24(27)28/h1-6H,23H2. The SMILES string of the molecule is Nc1cc(C(F)(F)F)ccc1C(=O)OC(=O)c1ccc(C(F)(F)F)cc1[N+](=O)[O-]. The van der Waals surface area contributed by atoms with Gasteiger partial charge in [0, 0.05) is 11.8 Å². The lowest BCUT2D eigenvalue weighted by Gasteiger charge is -2.11. The van der Waals surface area contributed by atoms with Gasteiger partial charge >= 0.3 is 24.3 Å². The summed E-state index contributed by atoms with van der Waals surface area (Å²) in [5, 5.41) is 11.0. The highest BCUT2D eigenvalue weighted by atomic mass is 19.4. The molecule has 0 fully saturated rings. The van der Waals surface area contributed by atoms with Crippen molar-refractivity contribution in [2.75, 3.05) is 5.73 Å². The molecule has 0 aromatic heterocycles. The lowest BCUT2D eigenvalue weighted by Crippen LogP contribution is -2.17. The molecular formula is C16H8F6N2O5. The average molecular weight is 422 g/mol. The van der Waals surface area contributed by atoms with Crippen LogP contribution in [0.15, 0.2) is 36.4 Å². The minimum Gasteiger partial charge on any atom is -0.398 e. The summed E-state index contributed by atoms with van der Waals surface area (Å²) < 4.78 is 80.1. The van der Waals surface area contributed by atoms with Crippen molar-refractivity contribution < 1.29 is 45.6 Å². The molecule has 0 saturated carbocycles. The number of anilines is 1. The molecule has 0 aliphatic rings. The van der Waals surface area contributed by atoms with Gasteiger partial charge in [-0.15, -0.1) is 0 Å². The van der Waals surface area contributed by atoms with Crippen molar-refractivity contribution in [3.63, 3.8) is 0 Å². The highest BCUT2D eigenvalue weighted by molar-refractivity contribution is 6.06. The van der Waals surface area contributed by atoms with Crippen LogP contribution in [0.1, 0.15) is 31.8 Å². The van der Waals surface area contributed by atoms with E-state index in [0.717, 1.165) is 0 Å². The van der Waals surface area contributed by atoms with Crippen LogP contribution in [0.4, 0.5) is 37.7 Å². The molecule has 2 rings (SSSR count). The second-order valence-corrected chi connectivity index (χ2v) is 5.46. The predicted molar refractivity (Wildman–Crippen MR) is 83.7 cm³/mol. The van der Waals surface area contributed by atoms with Gasteiger partial charge in [-0.25, -0.2) is 9.59 Å². The predicted octanol–water partition coefficient (Wildman–Crippen LogP) is 4.21. The second-order valence-electron chi connectivity index (χ2n) is 5.46. The molecule has 29 heavy (non-hydrogen) atoms. The molecule has 0 aliphatic carbocycles. The van der Waals surface area contributed by atoms with Crippen LogP contribution >= 0.6 is 0 Å². The molecule has 0 radical (unpaired) electrons. The topological polar surface area (TPSA) is 113 Å². The number of hydrogen-bond acceptors (Lipinski definition) is 6. The Labute approximate surface area is 156 Å². The summed E-state index contributed by atoms with van der Waals surface area (Å²) in [5.74, 6) is -3.23. The minimum absolute atomic E-state index is 0.0769. The zero-order chi connectivity index (χ0) is 22.1. The number of rotatable bonds is 3. The third-order valence-electron chi connectivity index (χ3n) is 3.53. The summed E-state index contributed by atoms with van der Waals surface area (Å²) >= 11 is 0. The van der Waals surface area contributed by atoms with Crippen molar-refractivity contribution in [2.24, 2.45) is 0 Å². The van der Waals surface area contributed by atoms with Gasteiger partial charge in [0.1, 0.15) is 5.56 Å².